The van der Waals surface area contributed by atoms with Crippen LogP contribution in [0.3, 0.4) is 0 Å². The van der Waals surface area contributed by atoms with Gasteiger partial charge in [-0.25, -0.2) is 33.5 Å². The lowest BCUT2D eigenvalue weighted by molar-refractivity contribution is 0.0823. The monoisotopic (exact) mass is 455 g/mol. The highest BCUT2D eigenvalue weighted by molar-refractivity contribution is 6.03. The van der Waals surface area contributed by atoms with E-state index in [2.05, 4.69) is 30.6 Å². The minimum absolute atomic E-state index is 0.124. The van der Waals surface area contributed by atoms with E-state index in [1.807, 2.05) is 0 Å². The Morgan fingerprint density at radius 2 is 1.85 bits per heavy atom. The summed E-state index contributed by atoms with van der Waals surface area (Å²) >= 11 is 0. The lowest BCUT2D eigenvalue weighted by Gasteiger charge is -2.16. The summed E-state index contributed by atoms with van der Waals surface area (Å²) in [5.41, 5.74) is 0.254. The van der Waals surface area contributed by atoms with Crippen LogP contribution >= 0.6 is 0 Å². The van der Waals surface area contributed by atoms with Crippen LogP contribution in [0, 0.1) is 11.6 Å². The van der Waals surface area contributed by atoms with Crippen LogP contribution in [0.5, 0.6) is 5.88 Å². The molecule has 1 aromatic carbocycles. The van der Waals surface area contributed by atoms with Gasteiger partial charge < -0.3 is 15.0 Å². The predicted molar refractivity (Wildman–Crippen MR) is 113 cm³/mol. The van der Waals surface area contributed by atoms with Gasteiger partial charge in [-0.1, -0.05) is 0 Å². The molecule has 0 aliphatic heterocycles. The number of nitrogens with one attached hydrogen (secondary N) is 2. The molecular weight excluding hydrogens is 436 g/mol. The first-order valence-electron chi connectivity index (χ1n) is 9.91. The van der Waals surface area contributed by atoms with E-state index in [1.165, 1.54) is 32.8 Å². The van der Waals surface area contributed by atoms with Crippen LogP contribution in [0.4, 0.5) is 30.8 Å². The third-order valence-corrected chi connectivity index (χ3v) is 4.72. The van der Waals surface area contributed by atoms with Crippen molar-refractivity contribution in [3.8, 4) is 5.88 Å². The van der Waals surface area contributed by atoms with Crippen molar-refractivity contribution in [2.75, 3.05) is 24.7 Å². The Labute approximate surface area is 187 Å². The number of rotatable bonds is 6. The minimum Gasteiger partial charge on any atom is -0.387 e. The highest BCUT2D eigenvalue weighted by atomic mass is 19.2. The van der Waals surface area contributed by atoms with Crippen molar-refractivity contribution in [2.45, 2.75) is 18.8 Å². The van der Waals surface area contributed by atoms with E-state index >= 15 is 0 Å². The van der Waals surface area contributed by atoms with E-state index in [-0.39, 0.29) is 23.3 Å². The Morgan fingerprint density at radius 1 is 1.12 bits per heavy atom. The maximum atomic E-state index is 14.3. The fraction of sp³-hybridized carbons (Fsp3) is 0.238. The van der Waals surface area contributed by atoms with Gasteiger partial charge in [0.15, 0.2) is 17.5 Å². The van der Waals surface area contributed by atoms with Crippen molar-refractivity contribution >= 4 is 29.2 Å². The Hall–Kier alpha value is -4.22. The van der Waals surface area contributed by atoms with Crippen LogP contribution in [0.2, 0.25) is 0 Å². The zero-order valence-corrected chi connectivity index (χ0v) is 17.7. The average molecular weight is 455 g/mol. The molecule has 0 bridgehead atoms. The quantitative estimate of drug-likeness (QED) is 0.579. The molecule has 1 aliphatic carbocycles. The molecule has 12 heteroatoms. The number of carbonyl (C=O) groups excluding carboxylic acids is 2. The van der Waals surface area contributed by atoms with E-state index in [0.717, 1.165) is 29.9 Å². The van der Waals surface area contributed by atoms with Gasteiger partial charge in [-0.15, -0.1) is 0 Å². The first-order valence-corrected chi connectivity index (χ1v) is 9.91. The van der Waals surface area contributed by atoms with E-state index < -0.39 is 29.2 Å². The second-order valence-corrected chi connectivity index (χ2v) is 7.47. The van der Waals surface area contributed by atoms with Gasteiger partial charge in [0, 0.05) is 20.0 Å². The van der Waals surface area contributed by atoms with Crippen molar-refractivity contribution < 1.29 is 23.1 Å². The second-order valence-electron chi connectivity index (χ2n) is 7.47. The predicted octanol–water partition coefficient (Wildman–Crippen LogP) is 3.48. The zero-order chi connectivity index (χ0) is 23.5. The largest absolute Gasteiger partial charge is 0.418 e. The first kappa shape index (κ1) is 22.0. The molecule has 0 atom stereocenters. The van der Waals surface area contributed by atoms with Gasteiger partial charge in [0.2, 0.25) is 0 Å². The van der Waals surface area contributed by atoms with E-state index in [9.17, 15) is 18.4 Å². The smallest absolute Gasteiger partial charge is 0.387 e. The van der Waals surface area contributed by atoms with Crippen molar-refractivity contribution in [1.29, 1.82) is 0 Å². The summed E-state index contributed by atoms with van der Waals surface area (Å²) in [7, 11) is 2.75. The van der Waals surface area contributed by atoms with Crippen molar-refractivity contribution in [1.82, 2.24) is 24.8 Å². The molecule has 0 saturated heterocycles. The number of ether oxygens (including phenoxy) is 1. The van der Waals surface area contributed by atoms with E-state index in [0.29, 0.717) is 11.4 Å². The number of anilines is 3. The molecule has 2 N–H and O–H groups in total. The Bertz CT molecular complexity index is 1200. The number of nitrogens with zero attached hydrogens (tertiary/aromatic N) is 5. The highest BCUT2D eigenvalue weighted by Gasteiger charge is 2.28. The summed E-state index contributed by atoms with van der Waals surface area (Å²) in [6, 6.07) is 1.87. The van der Waals surface area contributed by atoms with Crippen LogP contribution in [0.1, 0.15) is 34.8 Å². The van der Waals surface area contributed by atoms with Crippen LogP contribution in [-0.4, -0.2) is 50.9 Å². The molecule has 0 spiro atoms. The van der Waals surface area contributed by atoms with Gasteiger partial charge in [0.25, 0.3) is 11.8 Å². The summed E-state index contributed by atoms with van der Waals surface area (Å²) in [4.78, 5) is 42.5. The zero-order valence-electron chi connectivity index (χ0n) is 17.7. The van der Waals surface area contributed by atoms with Gasteiger partial charge in [0.05, 0.1) is 35.7 Å². The van der Waals surface area contributed by atoms with Gasteiger partial charge in [-0.2, -0.15) is 0 Å². The highest BCUT2D eigenvalue weighted by Crippen LogP contribution is 2.40. The molecule has 0 radical (unpaired) electrons. The molecule has 0 unspecified atom stereocenters. The maximum Gasteiger partial charge on any atom is 0.418 e. The number of hydrogen-bond acceptors (Lipinski definition) is 8. The molecule has 10 nitrogen and oxygen atoms in total. The van der Waals surface area contributed by atoms with Gasteiger partial charge >= 0.3 is 6.09 Å². The number of benzene rings is 1. The molecule has 1 saturated carbocycles. The normalized spacial score (nSPS) is 12.7. The third kappa shape index (κ3) is 5.00. The summed E-state index contributed by atoms with van der Waals surface area (Å²) in [5.74, 6) is -3.22. The van der Waals surface area contributed by atoms with E-state index in [4.69, 9.17) is 4.74 Å². The summed E-state index contributed by atoms with van der Waals surface area (Å²) < 4.78 is 33.4. The van der Waals surface area contributed by atoms with Crippen LogP contribution in [0.25, 0.3) is 0 Å². The molecule has 3 aromatic rings. The Kier molecular flexibility index (Phi) is 6.07. The number of hydrogen-bond donors (Lipinski definition) is 2. The molecule has 170 valence electrons. The fourth-order valence-electron chi connectivity index (χ4n) is 2.93. The number of carbonyl (C=O) groups is 2. The number of halogens is 2. The lowest BCUT2D eigenvalue weighted by atomic mass is 10.1. The molecule has 2 heterocycles. The molecule has 33 heavy (non-hydrogen) atoms. The van der Waals surface area contributed by atoms with Gasteiger partial charge in [0.1, 0.15) is 11.9 Å². The molecule has 1 fully saturated rings. The molecule has 1 aliphatic rings. The van der Waals surface area contributed by atoms with Crippen LogP contribution in [0.15, 0.2) is 37.1 Å². The molecule has 4 rings (SSSR count). The topological polar surface area (TPSA) is 122 Å². The Balaban J connectivity index is 1.60. The minimum atomic E-state index is -1.38. The standard InChI is InChI=1S/C21H19F2N7O3/c1-30(2)20(31)16-14(6-5-13(22)17(16)23)29-21(32)33-19-18(27-12-7-24-10-25-8-12)26-9-15(28-19)11-3-4-11/h5-11H,3-4H2,1-2H3,(H,26,27)(H,29,32). The number of aromatic nitrogens is 4. The second kappa shape index (κ2) is 9.10. The maximum absolute atomic E-state index is 14.3. The number of amides is 2. The van der Waals surface area contributed by atoms with E-state index in [1.54, 1.807) is 6.20 Å². The summed E-state index contributed by atoms with van der Waals surface area (Å²) in [6.07, 6.45) is 6.75. The third-order valence-electron chi connectivity index (χ3n) is 4.72. The SMILES string of the molecule is CN(C)C(=O)c1c(NC(=O)Oc2nc(C3CC3)cnc2Nc2cncnc2)ccc(F)c1F. The fourth-order valence-corrected chi connectivity index (χ4v) is 2.93. The molecule has 2 aromatic heterocycles. The van der Waals surface area contributed by atoms with Gasteiger partial charge in [-0.3, -0.25) is 10.1 Å². The van der Waals surface area contributed by atoms with Crippen molar-refractivity contribution in [3.63, 3.8) is 0 Å². The summed E-state index contributed by atoms with van der Waals surface area (Å²) in [5, 5.41) is 5.20. The lowest BCUT2D eigenvalue weighted by Crippen LogP contribution is -2.26. The average Bonchev–Trinajstić information content (AvgIpc) is 3.63. The van der Waals surface area contributed by atoms with Crippen LogP contribution < -0.4 is 15.4 Å². The summed E-state index contributed by atoms with van der Waals surface area (Å²) in [6.45, 7) is 0. The molecule has 2 amide bonds. The van der Waals surface area contributed by atoms with Crippen molar-refractivity contribution in [2.24, 2.45) is 0 Å². The van der Waals surface area contributed by atoms with Crippen LogP contribution in [-0.2, 0) is 0 Å². The van der Waals surface area contributed by atoms with Crippen molar-refractivity contribution in [3.05, 3.63) is 59.9 Å². The first-order chi connectivity index (χ1) is 15.8. The molecular formula is C21H19F2N7O3. The Morgan fingerprint density at radius 3 is 2.52 bits per heavy atom. The van der Waals surface area contributed by atoms with Gasteiger partial charge in [-0.05, 0) is 25.0 Å².